The summed E-state index contributed by atoms with van der Waals surface area (Å²) < 4.78 is 5.36. The van der Waals surface area contributed by atoms with Gasteiger partial charge in [0.25, 0.3) is 0 Å². The monoisotopic (exact) mass is 290 g/mol. The van der Waals surface area contributed by atoms with Crippen molar-refractivity contribution in [2.75, 3.05) is 44.4 Å². The second kappa shape index (κ2) is 6.56. The van der Waals surface area contributed by atoms with Gasteiger partial charge < -0.3 is 14.7 Å². The summed E-state index contributed by atoms with van der Waals surface area (Å²) in [6.07, 6.45) is 2.05. The fourth-order valence-corrected chi connectivity index (χ4v) is 3.12. The van der Waals surface area contributed by atoms with Crippen molar-refractivity contribution < 1.29 is 14.6 Å². The van der Waals surface area contributed by atoms with Gasteiger partial charge in [0.1, 0.15) is 0 Å². The van der Waals surface area contributed by atoms with E-state index in [0.29, 0.717) is 26.3 Å². The Labute approximate surface area is 125 Å². The number of para-hydroxylation sites is 1. The number of benzene rings is 1. The smallest absolute Gasteiger partial charge is 0.241 e. The van der Waals surface area contributed by atoms with Crippen LogP contribution in [0.15, 0.2) is 24.3 Å². The molecular formula is C16H22N2O3. The van der Waals surface area contributed by atoms with E-state index in [-0.39, 0.29) is 18.6 Å². The Morgan fingerprint density at radius 2 is 2.19 bits per heavy atom. The SMILES string of the molecule is O=C(CN1CCOCC1CO)N1CCCc2ccccc21. The van der Waals surface area contributed by atoms with Gasteiger partial charge in [-0.05, 0) is 24.5 Å². The summed E-state index contributed by atoms with van der Waals surface area (Å²) >= 11 is 0. The number of morpholine rings is 1. The number of carbonyl (C=O) groups excluding carboxylic acids is 1. The number of rotatable bonds is 3. The van der Waals surface area contributed by atoms with Crippen LogP contribution in [0, 0.1) is 0 Å². The van der Waals surface area contributed by atoms with E-state index < -0.39 is 0 Å². The number of aliphatic hydroxyl groups is 1. The van der Waals surface area contributed by atoms with Crippen LogP contribution in [0.25, 0.3) is 0 Å². The van der Waals surface area contributed by atoms with Crippen LogP contribution in [0.5, 0.6) is 0 Å². The summed E-state index contributed by atoms with van der Waals surface area (Å²) in [5.41, 5.74) is 2.29. The zero-order valence-corrected chi connectivity index (χ0v) is 12.2. The van der Waals surface area contributed by atoms with Gasteiger partial charge in [0.2, 0.25) is 5.91 Å². The number of anilines is 1. The molecular weight excluding hydrogens is 268 g/mol. The van der Waals surface area contributed by atoms with Crippen molar-refractivity contribution in [2.24, 2.45) is 0 Å². The molecule has 0 aliphatic carbocycles. The molecule has 1 amide bonds. The van der Waals surface area contributed by atoms with Crippen molar-refractivity contribution in [3.63, 3.8) is 0 Å². The topological polar surface area (TPSA) is 53.0 Å². The molecule has 2 heterocycles. The molecule has 0 saturated carbocycles. The first-order chi connectivity index (χ1) is 10.3. The Kier molecular flexibility index (Phi) is 4.53. The third-order valence-electron chi connectivity index (χ3n) is 4.31. The number of carbonyl (C=O) groups is 1. The van der Waals surface area contributed by atoms with Crippen molar-refractivity contribution >= 4 is 11.6 Å². The van der Waals surface area contributed by atoms with Crippen LogP contribution in [-0.2, 0) is 16.0 Å². The number of aliphatic hydroxyl groups excluding tert-OH is 1. The first kappa shape index (κ1) is 14.5. The second-order valence-corrected chi connectivity index (χ2v) is 5.66. The molecule has 0 radical (unpaired) electrons. The zero-order valence-electron chi connectivity index (χ0n) is 12.2. The number of aryl methyl sites for hydroxylation is 1. The van der Waals surface area contributed by atoms with Crippen LogP contribution in [0.4, 0.5) is 5.69 Å². The molecule has 1 unspecified atom stereocenters. The zero-order chi connectivity index (χ0) is 14.7. The Hall–Kier alpha value is -1.43. The molecule has 1 saturated heterocycles. The molecule has 3 rings (SSSR count). The van der Waals surface area contributed by atoms with E-state index in [1.165, 1.54) is 5.56 Å². The maximum atomic E-state index is 12.7. The quantitative estimate of drug-likeness (QED) is 0.888. The van der Waals surface area contributed by atoms with E-state index in [4.69, 9.17) is 4.74 Å². The van der Waals surface area contributed by atoms with Crippen LogP contribution >= 0.6 is 0 Å². The maximum absolute atomic E-state index is 12.7. The van der Waals surface area contributed by atoms with Gasteiger partial charge in [0.15, 0.2) is 0 Å². The molecule has 0 bridgehead atoms. The van der Waals surface area contributed by atoms with Gasteiger partial charge in [-0.25, -0.2) is 0 Å². The number of fused-ring (bicyclic) bond motifs is 1. The second-order valence-electron chi connectivity index (χ2n) is 5.66. The molecule has 21 heavy (non-hydrogen) atoms. The standard InChI is InChI=1S/C16H22N2O3/c19-11-14-12-21-9-8-17(14)10-16(20)18-7-3-5-13-4-1-2-6-15(13)18/h1-2,4,6,14,19H,3,5,7-12H2. The summed E-state index contributed by atoms with van der Waals surface area (Å²) in [7, 11) is 0. The van der Waals surface area contributed by atoms with Crippen LogP contribution < -0.4 is 4.90 Å². The Bertz CT molecular complexity index is 506. The summed E-state index contributed by atoms with van der Waals surface area (Å²) in [6.45, 7) is 2.99. The van der Waals surface area contributed by atoms with E-state index >= 15 is 0 Å². The predicted octanol–water partition coefficient (Wildman–Crippen LogP) is 0.659. The normalized spacial score (nSPS) is 22.9. The summed E-state index contributed by atoms with van der Waals surface area (Å²) in [5.74, 6) is 0.113. The largest absolute Gasteiger partial charge is 0.395 e. The molecule has 5 nitrogen and oxygen atoms in total. The highest BCUT2D eigenvalue weighted by Gasteiger charge is 2.28. The average molecular weight is 290 g/mol. The van der Waals surface area contributed by atoms with E-state index in [1.807, 2.05) is 28.0 Å². The van der Waals surface area contributed by atoms with Crippen molar-refractivity contribution in [1.82, 2.24) is 4.90 Å². The molecule has 2 aliphatic rings. The molecule has 1 N–H and O–H groups in total. The summed E-state index contributed by atoms with van der Waals surface area (Å²) in [4.78, 5) is 16.6. The van der Waals surface area contributed by atoms with E-state index in [2.05, 4.69) is 6.07 Å². The van der Waals surface area contributed by atoms with Crippen molar-refractivity contribution in [3.05, 3.63) is 29.8 Å². The molecule has 1 fully saturated rings. The molecule has 114 valence electrons. The summed E-state index contributed by atoms with van der Waals surface area (Å²) in [6, 6.07) is 8.06. The third kappa shape index (κ3) is 3.10. The maximum Gasteiger partial charge on any atom is 0.241 e. The fraction of sp³-hybridized carbons (Fsp3) is 0.562. The van der Waals surface area contributed by atoms with E-state index in [1.54, 1.807) is 0 Å². The lowest BCUT2D eigenvalue weighted by atomic mass is 10.0. The predicted molar refractivity (Wildman–Crippen MR) is 80.4 cm³/mol. The first-order valence-electron chi connectivity index (χ1n) is 7.60. The van der Waals surface area contributed by atoms with Crippen LogP contribution in [0.3, 0.4) is 0 Å². The minimum absolute atomic E-state index is 0.0316. The van der Waals surface area contributed by atoms with Crippen LogP contribution in [-0.4, -0.2) is 61.4 Å². The van der Waals surface area contributed by atoms with E-state index in [0.717, 1.165) is 25.1 Å². The minimum atomic E-state index is -0.0669. The third-order valence-corrected chi connectivity index (χ3v) is 4.31. The summed E-state index contributed by atoms with van der Waals surface area (Å²) in [5, 5.41) is 9.40. The van der Waals surface area contributed by atoms with Crippen molar-refractivity contribution in [3.8, 4) is 0 Å². The molecule has 1 atom stereocenters. The van der Waals surface area contributed by atoms with Gasteiger partial charge in [-0.15, -0.1) is 0 Å². The Morgan fingerprint density at radius 3 is 3.05 bits per heavy atom. The lowest BCUT2D eigenvalue weighted by Gasteiger charge is -2.36. The molecule has 0 aromatic heterocycles. The van der Waals surface area contributed by atoms with Crippen LogP contribution in [0.2, 0.25) is 0 Å². The number of amides is 1. The lowest BCUT2D eigenvalue weighted by molar-refractivity contribution is -0.122. The lowest BCUT2D eigenvalue weighted by Crippen LogP contribution is -2.52. The highest BCUT2D eigenvalue weighted by atomic mass is 16.5. The Balaban J connectivity index is 1.71. The highest BCUT2D eigenvalue weighted by molar-refractivity contribution is 5.96. The fourth-order valence-electron chi connectivity index (χ4n) is 3.12. The van der Waals surface area contributed by atoms with Gasteiger partial charge in [-0.1, -0.05) is 18.2 Å². The minimum Gasteiger partial charge on any atom is -0.395 e. The van der Waals surface area contributed by atoms with Crippen molar-refractivity contribution in [2.45, 2.75) is 18.9 Å². The van der Waals surface area contributed by atoms with Gasteiger partial charge in [0, 0.05) is 18.8 Å². The van der Waals surface area contributed by atoms with Gasteiger partial charge >= 0.3 is 0 Å². The van der Waals surface area contributed by atoms with E-state index in [9.17, 15) is 9.90 Å². The number of ether oxygens (including phenoxy) is 1. The number of nitrogens with zero attached hydrogens (tertiary/aromatic N) is 2. The molecule has 0 spiro atoms. The first-order valence-corrected chi connectivity index (χ1v) is 7.60. The van der Waals surface area contributed by atoms with Gasteiger partial charge in [-0.3, -0.25) is 9.69 Å². The average Bonchev–Trinajstić information content (AvgIpc) is 2.54. The molecule has 2 aliphatic heterocycles. The molecule has 1 aromatic carbocycles. The highest BCUT2D eigenvalue weighted by Crippen LogP contribution is 2.26. The van der Waals surface area contributed by atoms with Crippen molar-refractivity contribution in [1.29, 1.82) is 0 Å². The van der Waals surface area contributed by atoms with Gasteiger partial charge in [0.05, 0.1) is 32.4 Å². The van der Waals surface area contributed by atoms with Crippen LogP contribution in [0.1, 0.15) is 12.0 Å². The van der Waals surface area contributed by atoms with Gasteiger partial charge in [-0.2, -0.15) is 0 Å². The Morgan fingerprint density at radius 1 is 1.33 bits per heavy atom. The molecule has 5 heteroatoms. The molecule has 1 aromatic rings. The number of hydrogen-bond donors (Lipinski definition) is 1. The number of hydrogen-bond acceptors (Lipinski definition) is 4.